The van der Waals surface area contributed by atoms with Crippen molar-refractivity contribution in [2.24, 2.45) is 0 Å². The zero-order valence-corrected chi connectivity index (χ0v) is 18.1. The van der Waals surface area contributed by atoms with E-state index in [-0.39, 0.29) is 5.69 Å². The molecule has 2 heterocycles. The molecular weight excluding hydrogens is 436 g/mol. The van der Waals surface area contributed by atoms with Crippen LogP contribution in [-0.4, -0.2) is 27.8 Å². The van der Waals surface area contributed by atoms with E-state index in [4.69, 9.17) is 0 Å². The first-order chi connectivity index (χ1) is 16.1. The maximum absolute atomic E-state index is 13.6. The van der Waals surface area contributed by atoms with Gasteiger partial charge in [-0.3, -0.25) is 15.0 Å². The molecule has 4 aromatic rings. The number of hydrogen-bond donors (Lipinski definition) is 2. The molecule has 0 atom stereocenters. The summed E-state index contributed by atoms with van der Waals surface area (Å²) < 4.78 is 0. The molecule has 1 fully saturated rings. The molecule has 1 saturated heterocycles. The van der Waals surface area contributed by atoms with Crippen molar-refractivity contribution in [2.45, 2.75) is 5.54 Å². The zero-order valence-electron chi connectivity index (χ0n) is 17.3. The maximum atomic E-state index is 13.6. The minimum Gasteiger partial charge on any atom is -0.314 e. The third kappa shape index (κ3) is 3.56. The van der Waals surface area contributed by atoms with E-state index in [9.17, 15) is 14.4 Å². The normalized spacial score (nSPS) is 14.7. The predicted octanol–water partition coefficient (Wildman–Crippen LogP) is 3.95. The van der Waals surface area contributed by atoms with Gasteiger partial charge in [0.2, 0.25) is 0 Å². The van der Waals surface area contributed by atoms with E-state index in [1.807, 2.05) is 42.5 Å². The number of imide groups is 1. The molecule has 7 nitrogen and oxygen atoms in total. The van der Waals surface area contributed by atoms with Gasteiger partial charge in [-0.15, -0.1) is 11.3 Å². The van der Waals surface area contributed by atoms with Crippen molar-refractivity contribution < 1.29 is 14.4 Å². The third-order valence-corrected chi connectivity index (χ3v) is 6.30. The number of aromatic nitrogens is 1. The van der Waals surface area contributed by atoms with Gasteiger partial charge in [-0.1, -0.05) is 91.0 Å². The number of hydrogen-bond acceptors (Lipinski definition) is 5. The molecule has 1 aliphatic rings. The van der Waals surface area contributed by atoms with Crippen LogP contribution in [0, 0.1) is 0 Å². The van der Waals surface area contributed by atoms with Crippen LogP contribution in [-0.2, 0) is 10.3 Å². The van der Waals surface area contributed by atoms with Gasteiger partial charge in [0.25, 0.3) is 11.8 Å². The van der Waals surface area contributed by atoms with Gasteiger partial charge in [-0.05, 0) is 11.1 Å². The molecule has 1 aliphatic heterocycles. The fourth-order valence-corrected chi connectivity index (χ4v) is 4.62. The number of carbonyl (C=O) groups excluding carboxylic acids is 3. The first-order valence-electron chi connectivity index (χ1n) is 10.2. The Morgan fingerprint density at radius 3 is 1.97 bits per heavy atom. The van der Waals surface area contributed by atoms with Crippen LogP contribution in [0.3, 0.4) is 0 Å². The summed E-state index contributed by atoms with van der Waals surface area (Å²) in [5.41, 5.74) is 3.15. The van der Waals surface area contributed by atoms with Gasteiger partial charge >= 0.3 is 6.03 Å². The summed E-state index contributed by atoms with van der Waals surface area (Å²) in [6, 6.07) is 26.6. The molecule has 2 N–H and O–H groups in total. The third-order valence-electron chi connectivity index (χ3n) is 5.41. The minimum absolute atomic E-state index is 0.122. The van der Waals surface area contributed by atoms with Gasteiger partial charge in [0.05, 0.1) is 0 Å². The Bertz CT molecular complexity index is 1280. The van der Waals surface area contributed by atoms with Crippen molar-refractivity contribution in [3.05, 3.63) is 113 Å². The Kier molecular flexibility index (Phi) is 5.20. The summed E-state index contributed by atoms with van der Waals surface area (Å²) in [6.07, 6.45) is 0. The Balaban J connectivity index is 1.46. The largest absolute Gasteiger partial charge is 0.344 e. The molecule has 0 saturated carbocycles. The van der Waals surface area contributed by atoms with Crippen molar-refractivity contribution >= 4 is 29.2 Å². The van der Waals surface area contributed by atoms with Crippen LogP contribution in [0.4, 0.5) is 4.79 Å². The van der Waals surface area contributed by atoms with E-state index in [0.29, 0.717) is 16.1 Å². The molecule has 8 heteroatoms. The monoisotopic (exact) mass is 454 g/mol. The van der Waals surface area contributed by atoms with Crippen LogP contribution in [0.1, 0.15) is 21.6 Å². The molecule has 162 valence electrons. The van der Waals surface area contributed by atoms with Crippen LogP contribution in [0.5, 0.6) is 0 Å². The summed E-state index contributed by atoms with van der Waals surface area (Å²) in [5, 5.41) is 5.78. The highest BCUT2D eigenvalue weighted by atomic mass is 32.1. The lowest BCUT2D eigenvalue weighted by molar-refractivity contribution is -0.131. The van der Waals surface area contributed by atoms with Gasteiger partial charge in [0.15, 0.2) is 5.54 Å². The molecule has 0 radical (unpaired) electrons. The number of amides is 4. The summed E-state index contributed by atoms with van der Waals surface area (Å²) in [7, 11) is 0. The first kappa shape index (κ1) is 20.6. The zero-order chi connectivity index (χ0) is 22.8. The van der Waals surface area contributed by atoms with Crippen molar-refractivity contribution in [3.63, 3.8) is 0 Å². The smallest absolute Gasteiger partial charge is 0.314 e. The summed E-state index contributed by atoms with van der Waals surface area (Å²) >= 11 is 1.31. The summed E-state index contributed by atoms with van der Waals surface area (Å²) in [6.45, 7) is 0. The summed E-state index contributed by atoms with van der Waals surface area (Å²) in [5.74, 6) is -1.24. The predicted molar refractivity (Wildman–Crippen MR) is 124 cm³/mol. The van der Waals surface area contributed by atoms with Crippen molar-refractivity contribution in [2.75, 3.05) is 0 Å². The van der Waals surface area contributed by atoms with Crippen LogP contribution >= 0.6 is 11.3 Å². The molecule has 0 bridgehead atoms. The summed E-state index contributed by atoms with van der Waals surface area (Å²) in [4.78, 5) is 43.8. The molecule has 33 heavy (non-hydrogen) atoms. The molecule has 1 aromatic heterocycles. The quantitative estimate of drug-likeness (QED) is 0.447. The molecule has 0 aliphatic carbocycles. The molecular formula is C25H18N4O3S. The number of urea groups is 1. The van der Waals surface area contributed by atoms with E-state index in [1.54, 1.807) is 53.9 Å². The fraction of sp³-hybridized carbons (Fsp3) is 0.0400. The van der Waals surface area contributed by atoms with E-state index < -0.39 is 23.4 Å². The van der Waals surface area contributed by atoms with Crippen molar-refractivity contribution in [1.82, 2.24) is 20.7 Å². The molecule has 0 spiro atoms. The van der Waals surface area contributed by atoms with Crippen LogP contribution in [0.15, 0.2) is 96.4 Å². The average Bonchev–Trinajstić information content (AvgIpc) is 3.46. The lowest BCUT2D eigenvalue weighted by Gasteiger charge is -2.27. The number of hydrazine groups is 1. The Morgan fingerprint density at radius 2 is 1.39 bits per heavy atom. The second-order valence-electron chi connectivity index (χ2n) is 7.40. The highest BCUT2D eigenvalue weighted by molar-refractivity contribution is 7.13. The fourth-order valence-electron chi connectivity index (χ4n) is 3.82. The maximum Gasteiger partial charge on any atom is 0.344 e. The van der Waals surface area contributed by atoms with Gasteiger partial charge in [0, 0.05) is 10.9 Å². The molecule has 5 rings (SSSR count). The van der Waals surface area contributed by atoms with Gasteiger partial charge in [0.1, 0.15) is 10.7 Å². The number of benzene rings is 3. The van der Waals surface area contributed by atoms with Gasteiger partial charge < -0.3 is 5.32 Å². The van der Waals surface area contributed by atoms with Crippen LogP contribution < -0.4 is 10.7 Å². The Morgan fingerprint density at radius 1 is 0.848 bits per heavy atom. The topological polar surface area (TPSA) is 91.4 Å². The van der Waals surface area contributed by atoms with E-state index >= 15 is 0 Å². The van der Waals surface area contributed by atoms with E-state index in [2.05, 4.69) is 15.7 Å². The van der Waals surface area contributed by atoms with Crippen LogP contribution in [0.2, 0.25) is 0 Å². The highest BCUT2D eigenvalue weighted by Crippen LogP contribution is 2.35. The van der Waals surface area contributed by atoms with E-state index in [1.165, 1.54) is 11.3 Å². The van der Waals surface area contributed by atoms with Gasteiger partial charge in [-0.2, -0.15) is 5.01 Å². The number of thiazole rings is 1. The first-order valence-corrected chi connectivity index (χ1v) is 11.1. The Hall–Kier alpha value is -4.30. The lowest BCUT2D eigenvalue weighted by Crippen LogP contribution is -2.49. The second-order valence-corrected chi connectivity index (χ2v) is 8.26. The molecule has 0 unspecified atom stereocenters. The molecule has 4 amide bonds. The lowest BCUT2D eigenvalue weighted by atomic mass is 9.83. The Labute approximate surface area is 193 Å². The molecule has 3 aromatic carbocycles. The SMILES string of the molecule is O=C(NN1C(=O)NC(c2ccccc2)(c2ccccc2)C1=O)c1csc(-c2ccccc2)n1. The standard InChI is InChI=1S/C25H18N4O3S/c30-21(20-16-33-22(26-20)17-10-4-1-5-11-17)28-29-23(31)25(27-24(29)32,18-12-6-2-7-13-18)19-14-8-3-9-15-19/h1-16H,(H,27,32)(H,28,30). The number of rotatable bonds is 5. The van der Waals surface area contributed by atoms with Gasteiger partial charge in [-0.25, -0.2) is 9.78 Å². The number of nitrogens with one attached hydrogen (secondary N) is 2. The van der Waals surface area contributed by atoms with Crippen molar-refractivity contribution in [1.29, 1.82) is 0 Å². The minimum atomic E-state index is -1.45. The number of nitrogens with zero attached hydrogens (tertiary/aromatic N) is 2. The highest BCUT2D eigenvalue weighted by Gasteiger charge is 2.54. The van der Waals surface area contributed by atoms with Crippen LogP contribution in [0.25, 0.3) is 10.6 Å². The van der Waals surface area contributed by atoms with E-state index in [0.717, 1.165) is 10.6 Å². The van der Waals surface area contributed by atoms with Crippen molar-refractivity contribution in [3.8, 4) is 10.6 Å². The number of carbonyl (C=O) groups is 3. The average molecular weight is 455 g/mol. The second kappa shape index (κ2) is 8.33.